The Morgan fingerprint density at radius 2 is 2.13 bits per heavy atom. The summed E-state index contributed by atoms with van der Waals surface area (Å²) in [4.78, 5) is 27.7. The second-order valence-corrected chi connectivity index (χ2v) is 7.15. The number of likely N-dealkylation sites (tertiary alicyclic amines) is 1. The van der Waals surface area contributed by atoms with Crippen molar-refractivity contribution < 1.29 is 4.79 Å². The summed E-state index contributed by atoms with van der Waals surface area (Å²) < 4.78 is 1.69. The zero-order chi connectivity index (χ0) is 16.6. The van der Waals surface area contributed by atoms with Crippen molar-refractivity contribution in [3.05, 3.63) is 33.2 Å². The number of aromatic nitrogens is 1. The fourth-order valence-corrected chi connectivity index (χ4v) is 4.26. The minimum atomic E-state index is -0.140. The van der Waals surface area contributed by atoms with E-state index in [0.717, 1.165) is 50.3 Å². The van der Waals surface area contributed by atoms with Crippen molar-refractivity contribution >= 4 is 5.91 Å². The SMILES string of the molecule is CCn1c(C)cc(C)c(C(=O)N2CCC[C@]3(CCNC3)C2)c1=O. The van der Waals surface area contributed by atoms with Crippen LogP contribution in [0.15, 0.2) is 10.9 Å². The van der Waals surface area contributed by atoms with E-state index in [1.54, 1.807) is 4.57 Å². The maximum atomic E-state index is 13.1. The first-order valence-corrected chi connectivity index (χ1v) is 8.68. The van der Waals surface area contributed by atoms with Gasteiger partial charge in [-0.2, -0.15) is 0 Å². The average molecular weight is 317 g/mol. The molecule has 1 amide bonds. The first-order chi connectivity index (χ1) is 11.0. The number of nitrogens with zero attached hydrogens (tertiary/aromatic N) is 2. The van der Waals surface area contributed by atoms with Crippen LogP contribution in [0, 0.1) is 19.3 Å². The third-order valence-corrected chi connectivity index (χ3v) is 5.52. The van der Waals surface area contributed by atoms with Gasteiger partial charge in [0.15, 0.2) is 0 Å². The van der Waals surface area contributed by atoms with Gasteiger partial charge in [-0.25, -0.2) is 0 Å². The molecule has 2 saturated heterocycles. The number of aryl methyl sites for hydroxylation is 2. The van der Waals surface area contributed by atoms with Crippen LogP contribution in [0.5, 0.6) is 0 Å². The van der Waals surface area contributed by atoms with Gasteiger partial charge >= 0.3 is 0 Å². The van der Waals surface area contributed by atoms with Crippen LogP contribution >= 0.6 is 0 Å². The van der Waals surface area contributed by atoms with Gasteiger partial charge in [0.05, 0.1) is 0 Å². The number of nitrogens with one attached hydrogen (secondary N) is 1. The van der Waals surface area contributed by atoms with Crippen molar-refractivity contribution in [1.29, 1.82) is 0 Å². The highest BCUT2D eigenvalue weighted by Gasteiger charge is 2.40. The van der Waals surface area contributed by atoms with E-state index < -0.39 is 0 Å². The number of hydrogen-bond donors (Lipinski definition) is 1. The zero-order valence-electron chi connectivity index (χ0n) is 14.4. The molecule has 0 radical (unpaired) electrons. The molecular formula is C18H27N3O2. The number of hydrogen-bond acceptors (Lipinski definition) is 3. The van der Waals surface area contributed by atoms with Crippen LogP contribution in [-0.4, -0.2) is 41.6 Å². The van der Waals surface area contributed by atoms with Gasteiger partial charge < -0.3 is 14.8 Å². The smallest absolute Gasteiger partial charge is 0.263 e. The van der Waals surface area contributed by atoms with Crippen LogP contribution in [0.1, 0.15) is 47.8 Å². The van der Waals surface area contributed by atoms with E-state index >= 15 is 0 Å². The Hall–Kier alpha value is -1.62. The van der Waals surface area contributed by atoms with Crippen molar-refractivity contribution in [3.63, 3.8) is 0 Å². The summed E-state index contributed by atoms with van der Waals surface area (Å²) in [5.41, 5.74) is 2.16. The van der Waals surface area contributed by atoms with Gasteiger partial charge in [-0.05, 0) is 58.2 Å². The normalized spacial score (nSPS) is 24.4. The van der Waals surface area contributed by atoms with Crippen LogP contribution in [0.4, 0.5) is 0 Å². The Morgan fingerprint density at radius 3 is 2.78 bits per heavy atom. The zero-order valence-corrected chi connectivity index (χ0v) is 14.4. The molecule has 1 atom stereocenters. The van der Waals surface area contributed by atoms with Gasteiger partial charge in [-0.3, -0.25) is 9.59 Å². The number of carbonyl (C=O) groups is 1. The molecule has 0 unspecified atom stereocenters. The van der Waals surface area contributed by atoms with E-state index in [0.29, 0.717) is 12.1 Å². The number of amides is 1. The van der Waals surface area contributed by atoms with E-state index in [9.17, 15) is 9.59 Å². The fraction of sp³-hybridized carbons (Fsp3) is 0.667. The highest BCUT2D eigenvalue weighted by molar-refractivity contribution is 5.95. The summed E-state index contributed by atoms with van der Waals surface area (Å²) in [6.45, 7) is 9.90. The van der Waals surface area contributed by atoms with Crippen molar-refractivity contribution in [2.45, 2.75) is 46.6 Å². The standard InChI is InChI=1S/C18H27N3O2/c1-4-21-14(3)10-13(2)15(17(21)23)16(22)20-9-5-6-18(12-20)7-8-19-11-18/h10,19H,4-9,11-12H2,1-3H3/t18-/m1/s1. The van der Waals surface area contributed by atoms with Gasteiger partial charge in [0.2, 0.25) is 0 Å². The van der Waals surface area contributed by atoms with Crippen molar-refractivity contribution in [2.24, 2.45) is 5.41 Å². The second kappa shape index (κ2) is 6.11. The summed E-state index contributed by atoms with van der Waals surface area (Å²) in [5.74, 6) is -0.0827. The first kappa shape index (κ1) is 16.2. The Morgan fingerprint density at radius 1 is 1.35 bits per heavy atom. The average Bonchev–Trinajstić information content (AvgIpc) is 2.95. The molecule has 23 heavy (non-hydrogen) atoms. The third kappa shape index (κ3) is 2.82. The summed E-state index contributed by atoms with van der Waals surface area (Å²) in [6, 6.07) is 1.95. The number of carbonyl (C=O) groups excluding carboxylic acids is 1. The van der Waals surface area contributed by atoms with E-state index in [-0.39, 0.29) is 16.9 Å². The quantitative estimate of drug-likeness (QED) is 0.903. The Balaban J connectivity index is 1.93. The predicted octanol–water partition coefficient (Wildman–Crippen LogP) is 1.70. The van der Waals surface area contributed by atoms with Gasteiger partial charge in [0, 0.05) is 37.3 Å². The molecule has 0 bridgehead atoms. The number of piperidine rings is 1. The molecule has 3 heterocycles. The lowest BCUT2D eigenvalue weighted by Crippen LogP contribution is -2.48. The van der Waals surface area contributed by atoms with Gasteiger partial charge in [-0.1, -0.05) is 0 Å². The van der Waals surface area contributed by atoms with Crippen LogP contribution in [0.2, 0.25) is 0 Å². The maximum absolute atomic E-state index is 13.1. The predicted molar refractivity (Wildman–Crippen MR) is 90.9 cm³/mol. The molecule has 1 aromatic heterocycles. The molecule has 5 heteroatoms. The van der Waals surface area contributed by atoms with Gasteiger partial charge in [0.25, 0.3) is 11.5 Å². The molecule has 0 saturated carbocycles. The second-order valence-electron chi connectivity index (χ2n) is 7.15. The van der Waals surface area contributed by atoms with E-state index in [1.807, 2.05) is 31.7 Å². The minimum Gasteiger partial charge on any atom is -0.338 e. The molecule has 3 rings (SSSR count). The molecule has 2 aliphatic rings. The van der Waals surface area contributed by atoms with Crippen molar-refractivity contribution in [1.82, 2.24) is 14.8 Å². The highest BCUT2D eigenvalue weighted by Crippen LogP contribution is 2.35. The molecule has 5 nitrogen and oxygen atoms in total. The van der Waals surface area contributed by atoms with Crippen LogP contribution in [0.25, 0.3) is 0 Å². The molecule has 1 N–H and O–H groups in total. The summed E-state index contributed by atoms with van der Waals surface area (Å²) in [5, 5.41) is 3.43. The van der Waals surface area contributed by atoms with E-state index in [4.69, 9.17) is 0 Å². The molecule has 2 aliphatic heterocycles. The van der Waals surface area contributed by atoms with E-state index in [1.165, 1.54) is 6.42 Å². The van der Waals surface area contributed by atoms with E-state index in [2.05, 4.69) is 5.32 Å². The Labute approximate surface area is 137 Å². The monoisotopic (exact) mass is 317 g/mol. The first-order valence-electron chi connectivity index (χ1n) is 8.68. The molecule has 1 aromatic rings. The summed E-state index contributed by atoms with van der Waals surface area (Å²) >= 11 is 0. The topological polar surface area (TPSA) is 54.3 Å². The molecule has 126 valence electrons. The Kier molecular flexibility index (Phi) is 4.32. The van der Waals surface area contributed by atoms with Crippen LogP contribution in [0.3, 0.4) is 0 Å². The molecule has 0 aromatic carbocycles. The fourth-order valence-electron chi connectivity index (χ4n) is 4.26. The van der Waals surface area contributed by atoms with Crippen molar-refractivity contribution in [2.75, 3.05) is 26.2 Å². The number of rotatable bonds is 2. The largest absolute Gasteiger partial charge is 0.338 e. The van der Waals surface area contributed by atoms with Gasteiger partial charge in [0.1, 0.15) is 5.56 Å². The Bertz CT molecular complexity index is 672. The minimum absolute atomic E-state index is 0.0827. The highest BCUT2D eigenvalue weighted by atomic mass is 16.2. The summed E-state index contributed by atoms with van der Waals surface area (Å²) in [7, 11) is 0. The van der Waals surface area contributed by atoms with Crippen LogP contribution < -0.4 is 10.9 Å². The molecular weight excluding hydrogens is 290 g/mol. The lowest BCUT2D eigenvalue weighted by molar-refractivity contribution is 0.0550. The molecule has 2 fully saturated rings. The van der Waals surface area contributed by atoms with Crippen LogP contribution in [-0.2, 0) is 6.54 Å². The summed E-state index contributed by atoms with van der Waals surface area (Å²) in [6.07, 6.45) is 3.33. The lowest BCUT2D eigenvalue weighted by Gasteiger charge is -2.40. The van der Waals surface area contributed by atoms with Gasteiger partial charge in [-0.15, -0.1) is 0 Å². The maximum Gasteiger partial charge on any atom is 0.263 e. The molecule has 1 spiro atoms. The van der Waals surface area contributed by atoms with Crippen molar-refractivity contribution in [3.8, 4) is 0 Å². The lowest BCUT2D eigenvalue weighted by atomic mass is 9.79. The molecule has 0 aliphatic carbocycles. The third-order valence-electron chi connectivity index (χ3n) is 5.52. The number of pyridine rings is 1.